The van der Waals surface area contributed by atoms with Crippen molar-refractivity contribution in [3.8, 4) is 0 Å². The molecule has 3 rings (SSSR count). The maximum absolute atomic E-state index is 12.4. The molecule has 1 fully saturated rings. The fourth-order valence-electron chi connectivity index (χ4n) is 3.04. The van der Waals surface area contributed by atoms with Crippen molar-refractivity contribution in [1.29, 1.82) is 0 Å². The fraction of sp³-hybridized carbons (Fsp3) is 0.467. The number of carbonyl (C=O) groups is 2. The Morgan fingerprint density at radius 3 is 2.83 bits per heavy atom. The van der Waals surface area contributed by atoms with Crippen molar-refractivity contribution in [3.05, 3.63) is 34.9 Å². The number of nitrogens with zero attached hydrogens (tertiary/aromatic N) is 4. The normalized spacial score (nSPS) is 21.5. The van der Waals surface area contributed by atoms with Crippen LogP contribution < -0.4 is 5.69 Å². The Bertz CT molecular complexity index is 809. The molecule has 122 valence electrons. The lowest BCUT2D eigenvalue weighted by molar-refractivity contribution is -0.148. The molecule has 2 aromatic rings. The summed E-state index contributed by atoms with van der Waals surface area (Å²) in [5, 5.41) is 13.3. The molecule has 1 aliphatic rings. The molecule has 23 heavy (non-hydrogen) atoms. The van der Waals surface area contributed by atoms with Crippen LogP contribution in [0.2, 0.25) is 0 Å². The molecule has 0 spiro atoms. The first-order chi connectivity index (χ1) is 11.0. The summed E-state index contributed by atoms with van der Waals surface area (Å²) < 4.78 is 2.53. The van der Waals surface area contributed by atoms with E-state index >= 15 is 0 Å². The predicted octanol–water partition coefficient (Wildman–Crippen LogP) is 0.0652. The highest BCUT2D eigenvalue weighted by Crippen LogP contribution is 2.23. The number of carboxylic acids is 1. The third-order valence-corrected chi connectivity index (χ3v) is 4.35. The number of fused-ring (bicyclic) bond motifs is 1. The molecule has 3 heterocycles. The van der Waals surface area contributed by atoms with E-state index in [1.807, 2.05) is 6.92 Å². The van der Waals surface area contributed by atoms with Crippen LogP contribution in [0.15, 0.2) is 29.2 Å². The highest BCUT2D eigenvalue weighted by atomic mass is 16.4. The van der Waals surface area contributed by atoms with Crippen LogP contribution in [0.4, 0.5) is 0 Å². The molecular formula is C15H18N4O4. The lowest BCUT2D eigenvalue weighted by Gasteiger charge is -2.34. The SMILES string of the molecule is C[C@@H]1CN(C(=O)Cn2nc3ccccn3c2=O)CC[C@@H]1C(=O)O. The summed E-state index contributed by atoms with van der Waals surface area (Å²) in [6.45, 7) is 2.47. The molecule has 1 aliphatic heterocycles. The largest absolute Gasteiger partial charge is 0.481 e. The van der Waals surface area contributed by atoms with Crippen LogP contribution >= 0.6 is 0 Å². The van der Waals surface area contributed by atoms with Gasteiger partial charge < -0.3 is 10.0 Å². The Balaban J connectivity index is 1.73. The van der Waals surface area contributed by atoms with E-state index in [1.54, 1.807) is 29.3 Å². The zero-order valence-electron chi connectivity index (χ0n) is 12.8. The summed E-state index contributed by atoms with van der Waals surface area (Å²) in [7, 11) is 0. The number of carboxylic acid groups (broad SMARTS) is 1. The first-order valence-electron chi connectivity index (χ1n) is 7.52. The summed E-state index contributed by atoms with van der Waals surface area (Å²) in [5.74, 6) is -1.56. The Morgan fingerprint density at radius 2 is 2.17 bits per heavy atom. The van der Waals surface area contributed by atoms with Gasteiger partial charge in [0.25, 0.3) is 0 Å². The summed E-state index contributed by atoms with van der Waals surface area (Å²) in [6, 6.07) is 5.19. The van der Waals surface area contributed by atoms with Crippen LogP contribution in [0.3, 0.4) is 0 Å². The van der Waals surface area contributed by atoms with Crippen molar-refractivity contribution in [2.45, 2.75) is 19.9 Å². The van der Waals surface area contributed by atoms with Gasteiger partial charge in [-0.25, -0.2) is 9.48 Å². The molecule has 1 amide bonds. The van der Waals surface area contributed by atoms with E-state index in [-0.39, 0.29) is 24.1 Å². The zero-order valence-corrected chi connectivity index (χ0v) is 12.8. The first-order valence-corrected chi connectivity index (χ1v) is 7.52. The van der Waals surface area contributed by atoms with Crippen molar-refractivity contribution in [2.24, 2.45) is 11.8 Å². The van der Waals surface area contributed by atoms with E-state index in [9.17, 15) is 14.4 Å². The molecule has 0 aromatic carbocycles. The second-order valence-corrected chi connectivity index (χ2v) is 5.92. The van der Waals surface area contributed by atoms with E-state index in [0.717, 1.165) is 4.68 Å². The molecule has 0 bridgehead atoms. The van der Waals surface area contributed by atoms with Crippen molar-refractivity contribution in [3.63, 3.8) is 0 Å². The van der Waals surface area contributed by atoms with E-state index < -0.39 is 11.9 Å². The maximum Gasteiger partial charge on any atom is 0.350 e. The molecule has 2 aromatic heterocycles. The van der Waals surface area contributed by atoms with Crippen LogP contribution in [0.1, 0.15) is 13.3 Å². The first kappa shape index (κ1) is 15.3. The minimum atomic E-state index is -0.818. The Morgan fingerprint density at radius 1 is 1.39 bits per heavy atom. The van der Waals surface area contributed by atoms with Crippen LogP contribution in [-0.2, 0) is 16.1 Å². The fourth-order valence-corrected chi connectivity index (χ4v) is 3.04. The lowest BCUT2D eigenvalue weighted by atomic mass is 9.87. The topological polar surface area (TPSA) is 96.9 Å². The van der Waals surface area contributed by atoms with Gasteiger partial charge in [0.15, 0.2) is 5.65 Å². The van der Waals surface area contributed by atoms with Gasteiger partial charge in [0, 0.05) is 19.3 Å². The number of aliphatic carboxylic acids is 1. The van der Waals surface area contributed by atoms with Gasteiger partial charge in [-0.2, -0.15) is 0 Å². The third kappa shape index (κ3) is 2.84. The van der Waals surface area contributed by atoms with Crippen LogP contribution in [0.5, 0.6) is 0 Å². The zero-order chi connectivity index (χ0) is 16.6. The second-order valence-electron chi connectivity index (χ2n) is 5.92. The molecule has 8 heteroatoms. The molecule has 0 aliphatic carbocycles. The van der Waals surface area contributed by atoms with Gasteiger partial charge >= 0.3 is 11.7 Å². The monoisotopic (exact) mass is 318 g/mol. The van der Waals surface area contributed by atoms with E-state index in [0.29, 0.717) is 25.2 Å². The summed E-state index contributed by atoms with van der Waals surface area (Å²) >= 11 is 0. The van der Waals surface area contributed by atoms with E-state index in [4.69, 9.17) is 5.11 Å². The summed E-state index contributed by atoms with van der Waals surface area (Å²) in [6.07, 6.45) is 2.04. The smallest absolute Gasteiger partial charge is 0.350 e. The number of carbonyl (C=O) groups excluding carboxylic acids is 1. The van der Waals surface area contributed by atoms with Gasteiger partial charge in [-0.15, -0.1) is 5.10 Å². The molecule has 1 N–H and O–H groups in total. The minimum absolute atomic E-state index is 0.108. The van der Waals surface area contributed by atoms with Crippen LogP contribution in [0.25, 0.3) is 5.65 Å². The number of hydrogen-bond donors (Lipinski definition) is 1. The van der Waals surface area contributed by atoms with Gasteiger partial charge in [-0.3, -0.25) is 14.0 Å². The lowest BCUT2D eigenvalue weighted by Crippen LogP contribution is -2.46. The molecule has 2 atom stereocenters. The van der Waals surface area contributed by atoms with E-state index in [2.05, 4.69) is 5.10 Å². The van der Waals surface area contributed by atoms with Crippen molar-refractivity contribution < 1.29 is 14.7 Å². The van der Waals surface area contributed by atoms with Crippen molar-refractivity contribution in [2.75, 3.05) is 13.1 Å². The molecular weight excluding hydrogens is 300 g/mol. The van der Waals surface area contributed by atoms with Gasteiger partial charge in [-0.05, 0) is 24.5 Å². The van der Waals surface area contributed by atoms with Crippen LogP contribution in [0, 0.1) is 11.8 Å². The maximum atomic E-state index is 12.4. The highest BCUT2D eigenvalue weighted by Gasteiger charge is 2.33. The van der Waals surface area contributed by atoms with Crippen molar-refractivity contribution in [1.82, 2.24) is 19.1 Å². The number of pyridine rings is 1. The van der Waals surface area contributed by atoms with E-state index in [1.165, 1.54) is 4.40 Å². The molecule has 8 nitrogen and oxygen atoms in total. The standard InChI is InChI=1S/C15H18N4O4/c1-10-8-17(7-5-11(10)14(21)22)13(20)9-19-15(23)18-6-3-2-4-12(18)16-19/h2-4,6,10-11H,5,7-9H2,1H3,(H,21,22)/t10-,11+/m1/s1. The van der Waals surface area contributed by atoms with Crippen LogP contribution in [-0.4, -0.2) is 49.2 Å². The number of likely N-dealkylation sites (tertiary alicyclic amines) is 1. The molecule has 0 radical (unpaired) electrons. The molecule has 0 unspecified atom stereocenters. The van der Waals surface area contributed by atoms with Gasteiger partial charge in [0.05, 0.1) is 5.92 Å². The molecule has 1 saturated heterocycles. The number of hydrogen-bond acceptors (Lipinski definition) is 4. The number of piperidine rings is 1. The third-order valence-electron chi connectivity index (χ3n) is 4.35. The average molecular weight is 318 g/mol. The Kier molecular flexibility index (Phi) is 3.89. The predicted molar refractivity (Wildman–Crippen MR) is 80.9 cm³/mol. The highest BCUT2D eigenvalue weighted by molar-refractivity contribution is 5.77. The minimum Gasteiger partial charge on any atom is -0.481 e. The summed E-state index contributed by atoms with van der Waals surface area (Å²) in [4.78, 5) is 37.3. The Labute approximate surface area is 131 Å². The second kappa shape index (κ2) is 5.86. The van der Waals surface area contributed by atoms with Gasteiger partial charge in [0.1, 0.15) is 6.54 Å². The van der Waals surface area contributed by atoms with Gasteiger partial charge in [-0.1, -0.05) is 13.0 Å². The number of rotatable bonds is 3. The Hall–Kier alpha value is -2.64. The number of amides is 1. The number of aromatic nitrogens is 3. The van der Waals surface area contributed by atoms with Gasteiger partial charge in [0.2, 0.25) is 5.91 Å². The quantitative estimate of drug-likeness (QED) is 0.863. The average Bonchev–Trinajstić information content (AvgIpc) is 2.83. The van der Waals surface area contributed by atoms with Crippen molar-refractivity contribution >= 4 is 17.5 Å². The molecule has 0 saturated carbocycles. The summed E-state index contributed by atoms with van der Waals surface area (Å²) in [5.41, 5.74) is 0.130.